The summed E-state index contributed by atoms with van der Waals surface area (Å²) in [4.78, 5) is 0. The highest BCUT2D eigenvalue weighted by Gasteiger charge is 2.35. The molecule has 1 aromatic carbocycles. The van der Waals surface area contributed by atoms with Crippen molar-refractivity contribution in [3.05, 3.63) is 30.3 Å². The van der Waals surface area contributed by atoms with Gasteiger partial charge in [0.1, 0.15) is 5.75 Å². The number of quaternary nitrogens is 1. The van der Waals surface area contributed by atoms with Crippen molar-refractivity contribution < 1.29 is 9.22 Å². The van der Waals surface area contributed by atoms with Gasteiger partial charge in [0.25, 0.3) is 0 Å². The van der Waals surface area contributed by atoms with Crippen LogP contribution in [-0.4, -0.2) is 37.3 Å². The average molecular weight is 248 g/mol. The first-order valence-corrected chi connectivity index (χ1v) is 7.26. The van der Waals surface area contributed by atoms with Crippen molar-refractivity contribution in [2.75, 3.05) is 26.7 Å². The van der Waals surface area contributed by atoms with Crippen LogP contribution in [0.25, 0.3) is 0 Å². The summed E-state index contributed by atoms with van der Waals surface area (Å²) in [6.07, 6.45) is 5.28. The molecular formula is C16H26NO+. The molecule has 2 rings (SSSR count). The monoisotopic (exact) mass is 248 g/mol. The van der Waals surface area contributed by atoms with Crippen molar-refractivity contribution in [2.45, 2.75) is 38.6 Å². The van der Waals surface area contributed by atoms with Crippen LogP contribution < -0.4 is 4.74 Å². The van der Waals surface area contributed by atoms with Gasteiger partial charge in [0, 0.05) is 19.3 Å². The van der Waals surface area contributed by atoms with Crippen molar-refractivity contribution in [3.8, 4) is 5.75 Å². The summed E-state index contributed by atoms with van der Waals surface area (Å²) in [5, 5.41) is 0. The van der Waals surface area contributed by atoms with E-state index in [0.717, 1.165) is 24.8 Å². The van der Waals surface area contributed by atoms with Crippen LogP contribution in [0, 0.1) is 0 Å². The average Bonchev–Trinajstić information content (AvgIpc) is 2.77. The lowest BCUT2D eigenvalue weighted by Crippen LogP contribution is -2.48. The van der Waals surface area contributed by atoms with Gasteiger partial charge in [-0.2, -0.15) is 0 Å². The third-order valence-electron chi connectivity index (χ3n) is 4.38. The highest BCUT2D eigenvalue weighted by atomic mass is 16.5. The van der Waals surface area contributed by atoms with Crippen molar-refractivity contribution in [2.24, 2.45) is 0 Å². The number of para-hydroxylation sites is 1. The minimum atomic E-state index is 0.842. The third-order valence-corrected chi connectivity index (χ3v) is 4.38. The zero-order valence-electron chi connectivity index (χ0n) is 11.8. The van der Waals surface area contributed by atoms with Gasteiger partial charge in [-0.1, -0.05) is 25.1 Å². The first-order chi connectivity index (χ1) is 8.74. The summed E-state index contributed by atoms with van der Waals surface area (Å²) in [5.41, 5.74) is 0. The van der Waals surface area contributed by atoms with Gasteiger partial charge < -0.3 is 9.22 Å². The number of likely N-dealkylation sites (tertiary alicyclic amines) is 1. The third kappa shape index (κ3) is 3.26. The van der Waals surface area contributed by atoms with Crippen molar-refractivity contribution in [1.82, 2.24) is 0 Å². The summed E-state index contributed by atoms with van der Waals surface area (Å²) in [7, 11) is 2.42. The van der Waals surface area contributed by atoms with E-state index in [-0.39, 0.29) is 0 Å². The smallest absolute Gasteiger partial charge is 0.119 e. The summed E-state index contributed by atoms with van der Waals surface area (Å²) in [6, 6.07) is 11.0. The lowest BCUT2D eigenvalue weighted by molar-refractivity contribution is -0.921. The number of nitrogens with zero attached hydrogens (tertiary/aromatic N) is 1. The predicted octanol–water partition coefficient (Wildman–Crippen LogP) is 3.47. The Hall–Kier alpha value is -1.02. The molecule has 2 heteroatoms. The maximum absolute atomic E-state index is 5.77. The van der Waals surface area contributed by atoms with E-state index in [1.807, 2.05) is 30.3 Å². The maximum Gasteiger partial charge on any atom is 0.119 e. The fraction of sp³-hybridized carbons (Fsp3) is 0.625. The second-order valence-corrected chi connectivity index (χ2v) is 5.65. The van der Waals surface area contributed by atoms with Gasteiger partial charge in [-0.05, 0) is 18.6 Å². The molecule has 1 aliphatic heterocycles. The molecule has 1 aromatic rings. The van der Waals surface area contributed by atoms with Gasteiger partial charge in [0.05, 0.1) is 32.8 Å². The summed E-state index contributed by atoms with van der Waals surface area (Å²) >= 11 is 0. The van der Waals surface area contributed by atoms with Crippen molar-refractivity contribution in [3.63, 3.8) is 0 Å². The Bertz CT molecular complexity index is 351. The van der Waals surface area contributed by atoms with Crippen LogP contribution in [0.5, 0.6) is 5.75 Å². The minimum absolute atomic E-state index is 0.842. The molecule has 1 unspecified atom stereocenters. The molecule has 0 saturated carbocycles. The highest BCUT2D eigenvalue weighted by molar-refractivity contribution is 5.20. The van der Waals surface area contributed by atoms with Crippen molar-refractivity contribution in [1.29, 1.82) is 0 Å². The van der Waals surface area contributed by atoms with Gasteiger partial charge >= 0.3 is 0 Å². The molecule has 0 radical (unpaired) electrons. The largest absolute Gasteiger partial charge is 0.493 e. The second-order valence-electron chi connectivity index (χ2n) is 5.65. The molecule has 2 nitrogen and oxygen atoms in total. The fourth-order valence-corrected chi connectivity index (χ4v) is 3.25. The van der Waals surface area contributed by atoms with Crippen LogP contribution in [0.15, 0.2) is 30.3 Å². The van der Waals surface area contributed by atoms with Gasteiger partial charge in [-0.3, -0.25) is 0 Å². The summed E-state index contributed by atoms with van der Waals surface area (Å²) < 4.78 is 7.03. The Kier molecular flexibility index (Phi) is 4.65. The molecular weight excluding hydrogens is 222 g/mol. The lowest BCUT2D eigenvalue weighted by Gasteiger charge is -2.36. The van der Waals surface area contributed by atoms with E-state index in [9.17, 15) is 0 Å². The normalized spacial score (nSPS) is 27.3. The zero-order chi connectivity index (χ0) is 12.8. The van der Waals surface area contributed by atoms with Gasteiger partial charge in [0.2, 0.25) is 0 Å². The molecule has 2 atom stereocenters. The van der Waals surface area contributed by atoms with Crippen LogP contribution in [-0.2, 0) is 0 Å². The van der Waals surface area contributed by atoms with Crippen LogP contribution >= 0.6 is 0 Å². The first kappa shape index (κ1) is 13.4. The molecule has 1 aliphatic rings. The van der Waals surface area contributed by atoms with E-state index in [1.54, 1.807) is 0 Å². The molecule has 1 saturated heterocycles. The molecule has 1 fully saturated rings. The van der Waals surface area contributed by atoms with Crippen molar-refractivity contribution >= 4 is 0 Å². The number of hydrogen-bond acceptors (Lipinski definition) is 1. The van der Waals surface area contributed by atoms with E-state index in [0.29, 0.717) is 0 Å². The molecule has 18 heavy (non-hydrogen) atoms. The molecule has 0 spiro atoms. The predicted molar refractivity (Wildman–Crippen MR) is 75.8 cm³/mol. The number of rotatable bonds is 6. The molecule has 0 bridgehead atoms. The van der Waals surface area contributed by atoms with Crippen LogP contribution in [0.3, 0.4) is 0 Å². The van der Waals surface area contributed by atoms with Gasteiger partial charge in [-0.25, -0.2) is 0 Å². The molecule has 100 valence electrons. The Morgan fingerprint density at radius 3 is 2.78 bits per heavy atom. The SMILES string of the molecule is CC[C@H]1CCC[N+]1(C)CCCOc1ccccc1. The number of ether oxygens (including phenoxy) is 1. The van der Waals surface area contributed by atoms with E-state index in [1.165, 1.54) is 36.8 Å². The first-order valence-electron chi connectivity index (χ1n) is 7.26. The van der Waals surface area contributed by atoms with E-state index >= 15 is 0 Å². The van der Waals surface area contributed by atoms with E-state index in [4.69, 9.17) is 4.74 Å². The Labute approximate surface area is 111 Å². The van der Waals surface area contributed by atoms with Crippen LogP contribution in [0.4, 0.5) is 0 Å². The molecule has 0 N–H and O–H groups in total. The molecule has 0 aliphatic carbocycles. The summed E-state index contributed by atoms with van der Waals surface area (Å²) in [6.45, 7) is 5.77. The fourth-order valence-electron chi connectivity index (χ4n) is 3.25. The Morgan fingerprint density at radius 2 is 2.06 bits per heavy atom. The Balaban J connectivity index is 1.72. The molecule has 0 aromatic heterocycles. The van der Waals surface area contributed by atoms with Crippen LogP contribution in [0.2, 0.25) is 0 Å². The molecule has 1 heterocycles. The Morgan fingerprint density at radius 1 is 1.28 bits per heavy atom. The second kappa shape index (κ2) is 6.24. The quantitative estimate of drug-likeness (QED) is 0.553. The zero-order valence-corrected chi connectivity index (χ0v) is 11.8. The van der Waals surface area contributed by atoms with Crippen LogP contribution in [0.1, 0.15) is 32.6 Å². The highest BCUT2D eigenvalue weighted by Crippen LogP contribution is 2.27. The van der Waals surface area contributed by atoms with Gasteiger partial charge in [0.15, 0.2) is 0 Å². The minimum Gasteiger partial charge on any atom is -0.493 e. The van der Waals surface area contributed by atoms with E-state index in [2.05, 4.69) is 14.0 Å². The van der Waals surface area contributed by atoms with Gasteiger partial charge in [-0.15, -0.1) is 0 Å². The topological polar surface area (TPSA) is 9.23 Å². The number of hydrogen-bond donors (Lipinski definition) is 0. The lowest BCUT2D eigenvalue weighted by atomic mass is 10.1. The maximum atomic E-state index is 5.77. The summed E-state index contributed by atoms with van der Waals surface area (Å²) in [5.74, 6) is 0.994. The molecule has 0 amide bonds. The standard InChI is InChI=1S/C16H26NO/c1-3-15-9-7-12-17(15,2)13-8-14-18-16-10-5-4-6-11-16/h4-6,10-11,15H,3,7-9,12-14H2,1-2H3/q+1/t15-,17?/m0/s1. The number of benzene rings is 1. The van der Waals surface area contributed by atoms with E-state index < -0.39 is 0 Å².